The molecule has 0 bridgehead atoms. The van der Waals surface area contributed by atoms with Crippen LogP contribution in [0.3, 0.4) is 0 Å². The van der Waals surface area contributed by atoms with Crippen LogP contribution < -0.4 is 5.32 Å². The van der Waals surface area contributed by atoms with Crippen LogP contribution in [0, 0.1) is 0 Å². The molecule has 1 aromatic rings. The zero-order valence-corrected chi connectivity index (χ0v) is 11.8. The van der Waals surface area contributed by atoms with E-state index in [0.717, 1.165) is 16.9 Å². The summed E-state index contributed by atoms with van der Waals surface area (Å²) in [5.74, 6) is -0.958. The maximum atomic E-state index is 12.1. The summed E-state index contributed by atoms with van der Waals surface area (Å²) in [6.07, 6.45) is 1.29. The maximum absolute atomic E-state index is 12.1. The largest absolute Gasteiger partial charge is 0.481 e. The van der Waals surface area contributed by atoms with Crippen molar-refractivity contribution in [1.82, 2.24) is 5.32 Å². The first-order chi connectivity index (χ1) is 8.35. The van der Waals surface area contributed by atoms with Crippen LogP contribution in [-0.4, -0.2) is 22.5 Å². The van der Waals surface area contributed by atoms with E-state index in [4.69, 9.17) is 5.11 Å². The van der Waals surface area contributed by atoms with Gasteiger partial charge in [0.1, 0.15) is 0 Å². The number of carboxylic acid groups (broad SMARTS) is 1. The van der Waals surface area contributed by atoms with Crippen LogP contribution >= 0.6 is 11.3 Å². The van der Waals surface area contributed by atoms with Gasteiger partial charge in [-0.3, -0.25) is 9.59 Å². The van der Waals surface area contributed by atoms with Gasteiger partial charge < -0.3 is 10.4 Å². The fourth-order valence-corrected chi connectivity index (χ4v) is 2.55. The molecule has 0 aliphatic rings. The average molecular weight is 269 g/mol. The highest BCUT2D eigenvalue weighted by Gasteiger charge is 2.23. The number of hydrogen-bond donors (Lipinski definition) is 2. The Morgan fingerprint density at radius 1 is 1.44 bits per heavy atom. The van der Waals surface area contributed by atoms with Gasteiger partial charge in [0, 0.05) is 12.0 Å². The highest BCUT2D eigenvalue weighted by atomic mass is 32.1. The lowest BCUT2D eigenvalue weighted by atomic mass is 9.98. The molecule has 4 nitrogen and oxygen atoms in total. The molecular weight excluding hydrogens is 250 g/mol. The standard InChI is InChI=1S/C13H19NO3S/c1-4-9-6-8-18-11(9)12(17)14-13(2,3)7-5-10(15)16/h6,8H,4-5,7H2,1-3H3,(H,14,17)(H,15,16). The molecule has 0 atom stereocenters. The Bertz CT molecular complexity index is 437. The van der Waals surface area contributed by atoms with E-state index in [9.17, 15) is 9.59 Å². The summed E-state index contributed by atoms with van der Waals surface area (Å²) in [6, 6.07) is 1.95. The van der Waals surface area contributed by atoms with Crippen molar-refractivity contribution in [3.05, 3.63) is 21.9 Å². The Kier molecular flexibility index (Phi) is 4.90. The number of rotatable bonds is 6. The van der Waals surface area contributed by atoms with Crippen molar-refractivity contribution < 1.29 is 14.7 Å². The second-order valence-electron chi connectivity index (χ2n) is 4.86. The molecule has 1 rings (SSSR count). The highest BCUT2D eigenvalue weighted by Crippen LogP contribution is 2.19. The molecule has 2 N–H and O–H groups in total. The highest BCUT2D eigenvalue weighted by molar-refractivity contribution is 7.12. The van der Waals surface area contributed by atoms with Crippen LogP contribution in [0.25, 0.3) is 0 Å². The van der Waals surface area contributed by atoms with Crippen LogP contribution in [0.4, 0.5) is 0 Å². The van der Waals surface area contributed by atoms with Gasteiger partial charge in [-0.2, -0.15) is 0 Å². The second kappa shape index (κ2) is 6.00. The molecule has 0 aliphatic heterocycles. The smallest absolute Gasteiger partial charge is 0.303 e. The third kappa shape index (κ3) is 4.14. The van der Waals surface area contributed by atoms with E-state index in [-0.39, 0.29) is 12.3 Å². The molecule has 0 aliphatic carbocycles. The zero-order valence-electron chi connectivity index (χ0n) is 10.9. The lowest BCUT2D eigenvalue weighted by Crippen LogP contribution is -2.43. The summed E-state index contributed by atoms with van der Waals surface area (Å²) in [5, 5.41) is 13.5. The van der Waals surface area contributed by atoms with E-state index in [1.165, 1.54) is 11.3 Å². The number of aliphatic carboxylic acids is 1. The minimum Gasteiger partial charge on any atom is -0.481 e. The molecular formula is C13H19NO3S. The van der Waals surface area contributed by atoms with Crippen molar-refractivity contribution in [2.75, 3.05) is 0 Å². The van der Waals surface area contributed by atoms with Gasteiger partial charge in [0.05, 0.1) is 4.88 Å². The van der Waals surface area contributed by atoms with Crippen LogP contribution in [0.1, 0.15) is 48.8 Å². The van der Waals surface area contributed by atoms with Gasteiger partial charge in [-0.15, -0.1) is 11.3 Å². The zero-order chi connectivity index (χ0) is 13.8. The number of amides is 1. The predicted molar refractivity (Wildman–Crippen MR) is 72.1 cm³/mol. The number of hydrogen-bond acceptors (Lipinski definition) is 3. The Morgan fingerprint density at radius 3 is 2.67 bits per heavy atom. The number of thiophene rings is 1. The van der Waals surface area contributed by atoms with Crippen LogP contribution in [0.15, 0.2) is 11.4 Å². The summed E-state index contributed by atoms with van der Waals surface area (Å²) in [7, 11) is 0. The Labute approximate surface area is 111 Å². The molecule has 0 aromatic carbocycles. The van der Waals surface area contributed by atoms with Gasteiger partial charge >= 0.3 is 5.97 Å². The van der Waals surface area contributed by atoms with Gasteiger partial charge in [-0.05, 0) is 43.7 Å². The van der Waals surface area contributed by atoms with Crippen LogP contribution in [0.2, 0.25) is 0 Å². The minimum absolute atomic E-state index is 0.0539. The maximum Gasteiger partial charge on any atom is 0.303 e. The van der Waals surface area contributed by atoms with E-state index in [1.54, 1.807) is 0 Å². The van der Waals surface area contributed by atoms with Crippen LogP contribution in [-0.2, 0) is 11.2 Å². The first-order valence-corrected chi connectivity index (χ1v) is 6.84. The second-order valence-corrected chi connectivity index (χ2v) is 5.78. The summed E-state index contributed by atoms with van der Waals surface area (Å²) in [6.45, 7) is 5.69. The molecule has 0 saturated heterocycles. The SMILES string of the molecule is CCc1ccsc1C(=O)NC(C)(C)CCC(=O)O. The van der Waals surface area contributed by atoms with Gasteiger partial charge in [0.2, 0.25) is 0 Å². The molecule has 1 aromatic heterocycles. The Hall–Kier alpha value is -1.36. The lowest BCUT2D eigenvalue weighted by Gasteiger charge is -2.25. The number of carbonyl (C=O) groups excluding carboxylic acids is 1. The van der Waals surface area contributed by atoms with E-state index < -0.39 is 11.5 Å². The lowest BCUT2D eigenvalue weighted by molar-refractivity contribution is -0.137. The Balaban J connectivity index is 2.66. The summed E-state index contributed by atoms with van der Waals surface area (Å²) in [5.41, 5.74) is 0.524. The van der Waals surface area contributed by atoms with Gasteiger partial charge in [0.15, 0.2) is 0 Å². The van der Waals surface area contributed by atoms with Crippen molar-refractivity contribution in [1.29, 1.82) is 0 Å². The van der Waals surface area contributed by atoms with E-state index >= 15 is 0 Å². The number of carbonyl (C=O) groups is 2. The van der Waals surface area contributed by atoms with Gasteiger partial charge in [0.25, 0.3) is 5.91 Å². The van der Waals surface area contributed by atoms with E-state index in [1.807, 2.05) is 32.2 Å². The third-order valence-corrected chi connectivity index (χ3v) is 3.71. The normalized spacial score (nSPS) is 11.3. The van der Waals surface area contributed by atoms with Crippen LogP contribution in [0.5, 0.6) is 0 Å². The number of nitrogens with one attached hydrogen (secondary N) is 1. The van der Waals surface area contributed by atoms with Crippen molar-refractivity contribution in [2.24, 2.45) is 0 Å². The fourth-order valence-electron chi connectivity index (χ4n) is 1.66. The van der Waals surface area contributed by atoms with Crippen molar-refractivity contribution in [3.63, 3.8) is 0 Å². The molecule has 0 spiro atoms. The van der Waals surface area contributed by atoms with Gasteiger partial charge in [-0.1, -0.05) is 6.92 Å². The quantitative estimate of drug-likeness (QED) is 0.834. The molecule has 100 valence electrons. The van der Waals surface area contributed by atoms with Crippen molar-refractivity contribution in [3.8, 4) is 0 Å². The first kappa shape index (κ1) is 14.7. The monoisotopic (exact) mass is 269 g/mol. The van der Waals surface area contributed by atoms with Gasteiger partial charge in [-0.25, -0.2) is 0 Å². The topological polar surface area (TPSA) is 66.4 Å². The van der Waals surface area contributed by atoms with E-state index in [0.29, 0.717) is 6.42 Å². The molecule has 0 saturated carbocycles. The number of aryl methyl sites for hydroxylation is 1. The summed E-state index contributed by atoms with van der Waals surface area (Å²) < 4.78 is 0. The third-order valence-electron chi connectivity index (χ3n) is 2.75. The molecule has 0 radical (unpaired) electrons. The molecule has 0 unspecified atom stereocenters. The van der Waals surface area contributed by atoms with E-state index in [2.05, 4.69) is 5.32 Å². The molecule has 1 heterocycles. The van der Waals surface area contributed by atoms with Crippen molar-refractivity contribution >= 4 is 23.2 Å². The average Bonchev–Trinajstić information content (AvgIpc) is 2.74. The molecule has 0 fully saturated rings. The summed E-state index contributed by atoms with van der Waals surface area (Å²) in [4.78, 5) is 23.4. The Morgan fingerprint density at radius 2 is 2.11 bits per heavy atom. The predicted octanol–water partition coefficient (Wildman–Crippen LogP) is 2.68. The first-order valence-electron chi connectivity index (χ1n) is 5.96. The number of carboxylic acids is 1. The molecule has 1 amide bonds. The summed E-state index contributed by atoms with van der Waals surface area (Å²) >= 11 is 1.42. The molecule has 18 heavy (non-hydrogen) atoms. The molecule has 5 heteroatoms. The minimum atomic E-state index is -0.845. The van der Waals surface area contributed by atoms with Crippen molar-refractivity contribution in [2.45, 2.75) is 45.6 Å². The fraction of sp³-hybridized carbons (Fsp3) is 0.538.